The van der Waals surface area contributed by atoms with Gasteiger partial charge in [-0.25, -0.2) is 0 Å². The third kappa shape index (κ3) is 4.10. The number of hydrogen-bond acceptors (Lipinski definition) is 4. The van der Waals surface area contributed by atoms with Gasteiger partial charge in [0.15, 0.2) is 6.04 Å². The molecule has 1 amide bonds. The summed E-state index contributed by atoms with van der Waals surface area (Å²) >= 11 is 0. The van der Waals surface area contributed by atoms with Crippen molar-refractivity contribution in [2.75, 3.05) is 45.2 Å². The lowest BCUT2D eigenvalue weighted by Gasteiger charge is -2.42. The quantitative estimate of drug-likeness (QED) is 0.834. The van der Waals surface area contributed by atoms with E-state index in [1.165, 1.54) is 17.0 Å². The van der Waals surface area contributed by atoms with Crippen LogP contribution in [0.3, 0.4) is 0 Å². The molecule has 1 saturated carbocycles. The van der Waals surface area contributed by atoms with Gasteiger partial charge in [-0.2, -0.15) is 5.26 Å². The second-order valence-corrected chi connectivity index (χ2v) is 8.17. The molecule has 1 atom stereocenters. The number of piperazine rings is 1. The summed E-state index contributed by atoms with van der Waals surface area (Å²) < 4.78 is 5.23. The molecule has 1 heterocycles. The van der Waals surface area contributed by atoms with Crippen molar-refractivity contribution >= 4 is 11.6 Å². The van der Waals surface area contributed by atoms with E-state index in [9.17, 15) is 10.1 Å². The summed E-state index contributed by atoms with van der Waals surface area (Å²) in [5.41, 5.74) is 0.593. The number of quaternary nitrogens is 1. The molecular weight excluding hydrogens is 352 g/mol. The van der Waals surface area contributed by atoms with Crippen LogP contribution in [0.5, 0.6) is 5.75 Å². The van der Waals surface area contributed by atoms with Gasteiger partial charge in [0.1, 0.15) is 11.3 Å². The highest BCUT2D eigenvalue weighted by molar-refractivity contribution is 5.81. The number of amides is 1. The standard InChI is InChI=1S/C22H32N4O2/c1-18(21(27)24(2)22(17-23)11-5-4-6-12-22)25-13-15-26(16-14-25)19-7-9-20(28-3)10-8-19/h7-10,18H,4-6,11-16H2,1-3H3/p+1/t18-/m0/s1. The number of methoxy groups -OCH3 is 1. The monoisotopic (exact) mass is 385 g/mol. The molecule has 6 heteroatoms. The van der Waals surface area contributed by atoms with E-state index in [2.05, 4.69) is 23.1 Å². The third-order valence-electron chi connectivity index (χ3n) is 6.69. The molecule has 1 aliphatic carbocycles. The Bertz CT molecular complexity index is 698. The number of nitrogens with one attached hydrogen (secondary N) is 1. The molecule has 0 spiro atoms. The minimum atomic E-state index is -0.603. The second kappa shape index (κ2) is 8.83. The van der Waals surface area contributed by atoms with E-state index >= 15 is 0 Å². The van der Waals surface area contributed by atoms with Gasteiger partial charge in [-0.15, -0.1) is 0 Å². The number of rotatable bonds is 5. The maximum absolute atomic E-state index is 13.2. The first-order chi connectivity index (χ1) is 13.5. The fraction of sp³-hybridized carbons (Fsp3) is 0.636. The van der Waals surface area contributed by atoms with Crippen LogP contribution in [0, 0.1) is 11.3 Å². The summed E-state index contributed by atoms with van der Waals surface area (Å²) in [6.45, 7) is 5.71. The Morgan fingerprint density at radius 2 is 1.82 bits per heavy atom. The van der Waals surface area contributed by atoms with Crippen LogP contribution in [0.25, 0.3) is 0 Å². The number of benzene rings is 1. The Labute approximate surface area is 168 Å². The van der Waals surface area contributed by atoms with Crippen molar-refractivity contribution in [1.29, 1.82) is 5.26 Å². The Balaban J connectivity index is 1.58. The normalized spacial score (nSPS) is 20.9. The molecule has 1 saturated heterocycles. The van der Waals surface area contributed by atoms with E-state index < -0.39 is 5.54 Å². The molecule has 1 aliphatic heterocycles. The Morgan fingerprint density at radius 1 is 1.21 bits per heavy atom. The molecular formula is C22H33N4O2+. The number of carbonyl (C=O) groups is 1. The number of nitriles is 1. The van der Waals surface area contributed by atoms with Crippen LogP contribution in [0.4, 0.5) is 5.69 Å². The zero-order valence-electron chi connectivity index (χ0n) is 17.4. The minimum absolute atomic E-state index is 0.108. The lowest BCUT2D eigenvalue weighted by Crippen LogP contribution is -3.19. The summed E-state index contributed by atoms with van der Waals surface area (Å²) in [6, 6.07) is 10.5. The summed E-state index contributed by atoms with van der Waals surface area (Å²) in [7, 11) is 3.51. The van der Waals surface area contributed by atoms with Crippen molar-refractivity contribution in [3.63, 3.8) is 0 Å². The first-order valence-corrected chi connectivity index (χ1v) is 10.4. The molecule has 1 aromatic rings. The average molecular weight is 386 g/mol. The van der Waals surface area contributed by atoms with Crippen LogP contribution < -0.4 is 14.5 Å². The predicted molar refractivity (Wildman–Crippen MR) is 110 cm³/mol. The van der Waals surface area contributed by atoms with Crippen LogP contribution in [-0.4, -0.2) is 62.7 Å². The summed E-state index contributed by atoms with van der Waals surface area (Å²) in [5.74, 6) is 0.973. The highest BCUT2D eigenvalue weighted by atomic mass is 16.5. The van der Waals surface area contributed by atoms with Crippen molar-refractivity contribution in [3.05, 3.63) is 24.3 Å². The molecule has 0 unspecified atom stereocenters. The fourth-order valence-corrected chi connectivity index (χ4v) is 4.61. The fourth-order valence-electron chi connectivity index (χ4n) is 4.61. The second-order valence-electron chi connectivity index (χ2n) is 8.17. The van der Waals surface area contributed by atoms with Crippen LogP contribution in [0.1, 0.15) is 39.0 Å². The van der Waals surface area contributed by atoms with E-state index in [-0.39, 0.29) is 11.9 Å². The number of likely N-dealkylation sites (N-methyl/N-ethyl adjacent to an activating group) is 1. The summed E-state index contributed by atoms with van der Waals surface area (Å²) in [4.78, 5) is 18.6. The van der Waals surface area contributed by atoms with Gasteiger partial charge in [-0.3, -0.25) is 4.79 Å². The lowest BCUT2D eigenvalue weighted by molar-refractivity contribution is -0.915. The molecule has 6 nitrogen and oxygen atoms in total. The van der Waals surface area contributed by atoms with E-state index in [1.54, 1.807) is 12.0 Å². The van der Waals surface area contributed by atoms with Gasteiger partial charge in [-0.05, 0) is 44.0 Å². The molecule has 28 heavy (non-hydrogen) atoms. The lowest BCUT2D eigenvalue weighted by atomic mass is 9.81. The molecule has 1 N–H and O–H groups in total. The minimum Gasteiger partial charge on any atom is -0.497 e. The Hall–Kier alpha value is -2.26. The van der Waals surface area contributed by atoms with Crippen molar-refractivity contribution in [2.45, 2.75) is 50.6 Å². The zero-order chi connectivity index (χ0) is 20.1. The SMILES string of the molecule is COc1ccc(N2CC[NH+]([C@@H](C)C(=O)N(C)C3(C#N)CCCCC3)CC2)cc1. The van der Waals surface area contributed by atoms with Crippen molar-refractivity contribution in [1.82, 2.24) is 4.90 Å². The first-order valence-electron chi connectivity index (χ1n) is 10.4. The van der Waals surface area contributed by atoms with Crippen LogP contribution in [0.15, 0.2) is 24.3 Å². The summed E-state index contributed by atoms with van der Waals surface area (Å²) in [5, 5.41) is 9.78. The number of hydrogen-bond donors (Lipinski definition) is 1. The van der Waals surface area contributed by atoms with Gasteiger partial charge in [0, 0.05) is 12.7 Å². The van der Waals surface area contributed by atoms with Gasteiger partial charge in [-0.1, -0.05) is 19.3 Å². The van der Waals surface area contributed by atoms with Crippen molar-refractivity contribution < 1.29 is 14.4 Å². The van der Waals surface area contributed by atoms with Gasteiger partial charge in [0.2, 0.25) is 0 Å². The number of carbonyl (C=O) groups excluding carboxylic acids is 1. The van der Waals surface area contributed by atoms with Crippen molar-refractivity contribution in [2.24, 2.45) is 0 Å². The highest BCUT2D eigenvalue weighted by Gasteiger charge is 2.42. The number of ether oxygens (including phenoxy) is 1. The van der Waals surface area contributed by atoms with Crippen LogP contribution in [0.2, 0.25) is 0 Å². The molecule has 3 rings (SSSR count). The molecule has 2 fully saturated rings. The molecule has 2 aliphatic rings. The van der Waals surface area contributed by atoms with E-state index in [1.807, 2.05) is 26.1 Å². The first kappa shape index (κ1) is 20.5. The molecule has 0 aromatic heterocycles. The van der Waals surface area contributed by atoms with Gasteiger partial charge < -0.3 is 19.4 Å². The Morgan fingerprint density at radius 3 is 2.36 bits per heavy atom. The zero-order valence-corrected chi connectivity index (χ0v) is 17.4. The Kier molecular flexibility index (Phi) is 6.46. The van der Waals surface area contributed by atoms with Crippen LogP contribution >= 0.6 is 0 Å². The smallest absolute Gasteiger partial charge is 0.281 e. The largest absolute Gasteiger partial charge is 0.497 e. The highest BCUT2D eigenvalue weighted by Crippen LogP contribution is 2.32. The topological polar surface area (TPSA) is 61.0 Å². The number of nitrogens with zero attached hydrogens (tertiary/aromatic N) is 3. The van der Waals surface area contributed by atoms with Gasteiger partial charge in [0.25, 0.3) is 5.91 Å². The van der Waals surface area contributed by atoms with Gasteiger partial charge >= 0.3 is 0 Å². The average Bonchev–Trinajstić information content (AvgIpc) is 2.78. The molecule has 1 aromatic carbocycles. The van der Waals surface area contributed by atoms with E-state index in [0.29, 0.717) is 0 Å². The van der Waals surface area contributed by atoms with Gasteiger partial charge in [0.05, 0.1) is 39.4 Å². The number of anilines is 1. The molecule has 152 valence electrons. The predicted octanol–water partition coefficient (Wildman–Crippen LogP) is 1.47. The van der Waals surface area contributed by atoms with Crippen LogP contribution in [-0.2, 0) is 4.79 Å². The maximum atomic E-state index is 13.2. The molecule has 0 bridgehead atoms. The maximum Gasteiger partial charge on any atom is 0.281 e. The van der Waals surface area contributed by atoms with E-state index in [4.69, 9.17) is 4.74 Å². The van der Waals surface area contributed by atoms with Crippen molar-refractivity contribution in [3.8, 4) is 11.8 Å². The third-order valence-corrected chi connectivity index (χ3v) is 6.69. The van der Waals surface area contributed by atoms with E-state index in [0.717, 1.165) is 57.6 Å². The summed E-state index contributed by atoms with van der Waals surface area (Å²) in [6.07, 6.45) is 4.84. The molecule has 0 radical (unpaired) electrons.